The number of aryl methyl sites for hydroxylation is 6. The largest absolute Gasteiger partial charge is 3.00 e. The number of hydrogen-bond acceptors (Lipinski definition) is 3. The van der Waals surface area contributed by atoms with Gasteiger partial charge in [0.15, 0.2) is 0 Å². The van der Waals surface area contributed by atoms with Crippen LogP contribution in [0.5, 0.6) is 0 Å². The van der Waals surface area contributed by atoms with E-state index >= 15 is 0 Å². The molecule has 3 aromatic rings. The van der Waals surface area contributed by atoms with E-state index in [1.807, 2.05) is 12.4 Å². The maximum absolute atomic E-state index is 5.16. The molecule has 1 aromatic heterocycles. The van der Waals surface area contributed by atoms with E-state index in [2.05, 4.69) is 84.0 Å². The van der Waals surface area contributed by atoms with Gasteiger partial charge in [0.1, 0.15) is 0 Å². The fourth-order valence-corrected chi connectivity index (χ4v) is 6.15. The van der Waals surface area contributed by atoms with E-state index < -0.39 is 0 Å². The Labute approximate surface area is 335 Å². The molecule has 1 heterocycles. The van der Waals surface area contributed by atoms with E-state index in [4.69, 9.17) is 15.0 Å². The van der Waals surface area contributed by atoms with E-state index in [-0.39, 0.29) is 54.0 Å². The van der Waals surface area contributed by atoms with E-state index in [0.717, 1.165) is 49.9 Å². The molecule has 0 amide bonds. The first-order valence-electron chi connectivity index (χ1n) is 18.9. The van der Waals surface area contributed by atoms with Crippen molar-refractivity contribution in [2.75, 3.05) is 0 Å². The fraction of sp³-hybridized carbons (Fsp3) is 0.558. The number of aromatic nitrogens is 1. The molecule has 3 nitrogen and oxygen atoms in total. The molecule has 0 aliphatic rings. The summed E-state index contributed by atoms with van der Waals surface area (Å²) in [7, 11) is 0. The zero-order valence-electron chi connectivity index (χ0n) is 31.7. The van der Waals surface area contributed by atoms with Crippen LogP contribution in [0.3, 0.4) is 0 Å². The maximum Gasteiger partial charge on any atom is 3.00 e. The zero-order chi connectivity index (χ0) is 33.0. The molecule has 0 atom stereocenters. The number of rotatable bonds is 22. The predicted molar refractivity (Wildman–Crippen MR) is 203 cm³/mol. The van der Waals surface area contributed by atoms with Crippen LogP contribution in [-0.4, -0.2) is 17.4 Å². The number of aliphatic imine (C=N–C) groups is 2. The number of hydrogen-bond donors (Lipinski definition) is 0. The van der Waals surface area contributed by atoms with E-state index in [1.165, 1.54) is 122 Å². The third kappa shape index (κ3) is 17.2. The number of benzene rings is 2. The Balaban J connectivity index is 0. The van der Waals surface area contributed by atoms with E-state index in [1.54, 1.807) is 0 Å². The Morgan fingerprint density at radius 1 is 0.460 bits per heavy atom. The van der Waals surface area contributed by atoms with Crippen LogP contribution >= 0.6 is 0 Å². The molecule has 0 fully saturated rings. The fourth-order valence-electron chi connectivity index (χ4n) is 6.15. The summed E-state index contributed by atoms with van der Waals surface area (Å²) in [4.78, 5) is 15.3. The minimum Gasteiger partial charge on any atom is -1.00 e. The van der Waals surface area contributed by atoms with Crippen molar-refractivity contribution in [3.63, 3.8) is 0 Å². The van der Waals surface area contributed by atoms with Crippen molar-refractivity contribution in [2.45, 2.75) is 157 Å². The normalized spacial score (nSPS) is 10.8. The average Bonchev–Trinajstić information content (AvgIpc) is 3.08. The van der Waals surface area contributed by atoms with Gasteiger partial charge in [0, 0.05) is 0 Å². The topological polar surface area (TPSA) is 37.6 Å². The molecule has 2 aromatic carbocycles. The first-order chi connectivity index (χ1) is 22.6. The molecule has 0 N–H and O–H groups in total. The van der Waals surface area contributed by atoms with Crippen LogP contribution in [0.1, 0.15) is 163 Å². The van der Waals surface area contributed by atoms with Gasteiger partial charge in [0.05, 0.1) is 35.2 Å². The third-order valence-electron chi connectivity index (χ3n) is 8.94. The van der Waals surface area contributed by atoms with Gasteiger partial charge in [-0.1, -0.05) is 110 Å². The van der Waals surface area contributed by atoms with Gasteiger partial charge in [0.2, 0.25) is 0 Å². The Bertz CT molecular complexity index is 1230. The predicted octanol–water partition coefficient (Wildman–Crippen LogP) is 3.65. The standard InChI is InChI=1S/C43H63N3.3ClH.Co/c1-7-13-20-34-28-36(22-15-9-3)42(37(29-34)23-16-10-4)44-32-40-26-19-27-41(46-40)33-45-43-38(24-17-11-5)30-35(21-14-8-2)31-39(43)25-18-12-6;;;;/h19,26-33H,7-18,20-25H2,1-6H3;3*1H;/q;;;;+3/p-3. The summed E-state index contributed by atoms with van der Waals surface area (Å²) in [6.07, 6.45) is 25.1. The summed E-state index contributed by atoms with van der Waals surface area (Å²) < 4.78 is 0. The molecular weight excluding hydrogens is 724 g/mol. The maximum atomic E-state index is 5.16. The molecular formula is C43H63Cl3CoN3. The molecule has 280 valence electrons. The van der Waals surface area contributed by atoms with Gasteiger partial charge in [-0.15, -0.1) is 0 Å². The van der Waals surface area contributed by atoms with Crippen molar-refractivity contribution < 1.29 is 54.0 Å². The van der Waals surface area contributed by atoms with Gasteiger partial charge in [-0.25, -0.2) is 4.98 Å². The zero-order valence-corrected chi connectivity index (χ0v) is 35.0. The summed E-state index contributed by atoms with van der Waals surface area (Å²) in [5.41, 5.74) is 12.7. The minimum absolute atomic E-state index is 0. The molecule has 0 saturated carbocycles. The smallest absolute Gasteiger partial charge is 1.00 e. The van der Waals surface area contributed by atoms with Crippen molar-refractivity contribution in [2.24, 2.45) is 9.98 Å². The number of pyridine rings is 1. The first kappa shape index (κ1) is 50.4. The molecule has 0 aliphatic heterocycles. The summed E-state index contributed by atoms with van der Waals surface area (Å²) >= 11 is 0. The summed E-state index contributed by atoms with van der Waals surface area (Å²) in [6.45, 7) is 13.7. The monoisotopic (exact) mass is 785 g/mol. The third-order valence-corrected chi connectivity index (χ3v) is 8.94. The van der Waals surface area contributed by atoms with Gasteiger partial charge in [-0.2, -0.15) is 0 Å². The van der Waals surface area contributed by atoms with Crippen molar-refractivity contribution in [1.82, 2.24) is 4.98 Å². The molecule has 0 saturated heterocycles. The summed E-state index contributed by atoms with van der Waals surface area (Å²) in [6, 6.07) is 16.0. The van der Waals surface area contributed by atoms with Crippen LogP contribution in [-0.2, 0) is 55.3 Å². The summed E-state index contributed by atoms with van der Waals surface area (Å²) in [5.74, 6) is 0. The van der Waals surface area contributed by atoms with Crippen LogP contribution in [0, 0.1) is 0 Å². The van der Waals surface area contributed by atoms with Gasteiger partial charge in [-0.05, 0) is 123 Å². The van der Waals surface area contributed by atoms with Crippen molar-refractivity contribution in [1.29, 1.82) is 0 Å². The van der Waals surface area contributed by atoms with Crippen LogP contribution in [0.25, 0.3) is 0 Å². The molecule has 0 aliphatic carbocycles. The Kier molecular flexibility index (Phi) is 30.1. The summed E-state index contributed by atoms with van der Waals surface area (Å²) in [5, 5.41) is 0. The Morgan fingerprint density at radius 2 is 0.740 bits per heavy atom. The number of unbranched alkanes of at least 4 members (excludes halogenated alkanes) is 6. The number of nitrogens with zero attached hydrogens (tertiary/aromatic N) is 3. The first-order valence-corrected chi connectivity index (χ1v) is 18.9. The molecule has 0 spiro atoms. The Hall–Kier alpha value is -1.69. The second kappa shape index (κ2) is 29.8. The van der Waals surface area contributed by atoms with Crippen LogP contribution in [0.4, 0.5) is 11.4 Å². The quantitative estimate of drug-likeness (QED) is 0.144. The molecule has 7 heteroatoms. The molecule has 3 rings (SSSR count). The second-order valence-electron chi connectivity index (χ2n) is 13.2. The van der Waals surface area contributed by atoms with Crippen LogP contribution in [0.15, 0.2) is 52.4 Å². The van der Waals surface area contributed by atoms with Crippen LogP contribution in [0.2, 0.25) is 0 Å². The average molecular weight is 787 g/mol. The molecule has 0 radical (unpaired) electrons. The SMILES string of the molecule is CCCCc1cc(CCCC)c(N=Cc2cccc(C=Nc3c(CCCC)cc(CCCC)cc3CCCC)n2)c(CCCC)c1.[Cl-].[Cl-].[Cl-].[Co+3]. The van der Waals surface area contributed by atoms with Crippen molar-refractivity contribution >= 4 is 23.8 Å². The molecule has 50 heavy (non-hydrogen) atoms. The van der Waals surface area contributed by atoms with Gasteiger partial charge < -0.3 is 37.2 Å². The van der Waals surface area contributed by atoms with Gasteiger partial charge in [-0.3, -0.25) is 9.98 Å². The van der Waals surface area contributed by atoms with Gasteiger partial charge >= 0.3 is 16.8 Å². The Morgan fingerprint density at radius 3 is 1.02 bits per heavy atom. The van der Waals surface area contributed by atoms with Gasteiger partial charge in [0.25, 0.3) is 0 Å². The van der Waals surface area contributed by atoms with E-state index in [9.17, 15) is 0 Å². The minimum atomic E-state index is 0. The van der Waals surface area contributed by atoms with Crippen molar-refractivity contribution in [3.8, 4) is 0 Å². The van der Waals surface area contributed by atoms with E-state index in [0.29, 0.717) is 0 Å². The molecule has 0 bridgehead atoms. The van der Waals surface area contributed by atoms with Crippen LogP contribution < -0.4 is 37.2 Å². The van der Waals surface area contributed by atoms with Crippen molar-refractivity contribution in [3.05, 3.63) is 87.2 Å². The molecule has 0 unspecified atom stereocenters. The number of halogens is 3. The second-order valence-corrected chi connectivity index (χ2v) is 13.2.